The van der Waals surface area contributed by atoms with Gasteiger partial charge in [-0.15, -0.1) is 0 Å². The fourth-order valence-corrected chi connectivity index (χ4v) is 1.79. The fraction of sp³-hybridized carbons (Fsp3) is 0.308. The summed E-state index contributed by atoms with van der Waals surface area (Å²) in [5.74, 6) is -1.12. The Balaban J connectivity index is 2.39. The number of hydrogen-bond acceptors (Lipinski definition) is 7. The molecule has 112 valence electrons. The Morgan fingerprint density at radius 3 is 2.52 bits per heavy atom. The van der Waals surface area contributed by atoms with Crippen LogP contribution in [-0.2, 0) is 0 Å². The van der Waals surface area contributed by atoms with Crippen LogP contribution in [0.4, 0.5) is 0 Å². The van der Waals surface area contributed by atoms with Crippen LogP contribution in [0.15, 0.2) is 24.4 Å². The molecule has 0 saturated heterocycles. The summed E-state index contributed by atoms with van der Waals surface area (Å²) in [6, 6.07) is 4.14. The molecular formula is C13H14N2O6. The topological polar surface area (TPSA) is 144 Å². The SMILES string of the molecule is O=C(O)c1ccc2ncc([C@@H](O)[C@H](O)[C@H](O)CO)nc2c1. The summed E-state index contributed by atoms with van der Waals surface area (Å²) < 4.78 is 0. The standard InChI is InChI=1S/C13H14N2O6/c16-5-10(17)12(19)11(18)9-4-14-7-2-1-6(13(20)21)3-8(7)15-9/h1-4,10-12,16-19H,5H2,(H,20,21)/t10-,11-,12-/m1/s1. The summed E-state index contributed by atoms with van der Waals surface area (Å²) in [5.41, 5.74) is 0.634. The summed E-state index contributed by atoms with van der Waals surface area (Å²) in [7, 11) is 0. The Hall–Kier alpha value is -2.13. The number of carboxylic acids is 1. The average molecular weight is 294 g/mol. The van der Waals surface area contributed by atoms with E-state index in [4.69, 9.17) is 10.2 Å². The molecule has 5 N–H and O–H groups in total. The first kappa shape index (κ1) is 15.3. The Morgan fingerprint density at radius 2 is 1.90 bits per heavy atom. The van der Waals surface area contributed by atoms with Gasteiger partial charge in [-0.3, -0.25) is 4.98 Å². The molecule has 0 aliphatic carbocycles. The highest BCUT2D eigenvalue weighted by molar-refractivity contribution is 5.92. The second-order valence-corrected chi connectivity index (χ2v) is 4.49. The number of rotatable bonds is 5. The van der Waals surface area contributed by atoms with Crippen molar-refractivity contribution in [2.75, 3.05) is 6.61 Å². The Bertz CT molecular complexity index is 662. The van der Waals surface area contributed by atoms with Gasteiger partial charge in [0, 0.05) is 0 Å². The van der Waals surface area contributed by atoms with Crippen molar-refractivity contribution >= 4 is 17.0 Å². The zero-order chi connectivity index (χ0) is 15.6. The number of nitrogens with zero attached hydrogens (tertiary/aromatic N) is 2. The molecule has 21 heavy (non-hydrogen) atoms. The molecule has 0 amide bonds. The molecule has 0 fully saturated rings. The molecule has 0 radical (unpaired) electrons. The highest BCUT2D eigenvalue weighted by Crippen LogP contribution is 2.20. The molecular weight excluding hydrogens is 280 g/mol. The molecule has 0 saturated carbocycles. The van der Waals surface area contributed by atoms with Crippen LogP contribution in [0.1, 0.15) is 22.2 Å². The lowest BCUT2D eigenvalue weighted by atomic mass is 10.1. The van der Waals surface area contributed by atoms with Gasteiger partial charge in [0.05, 0.1) is 35.1 Å². The van der Waals surface area contributed by atoms with Gasteiger partial charge in [-0.1, -0.05) is 0 Å². The number of carboxylic acid groups (broad SMARTS) is 1. The molecule has 0 spiro atoms. The quantitative estimate of drug-likeness (QED) is 0.476. The van der Waals surface area contributed by atoms with Gasteiger partial charge in [-0.25, -0.2) is 9.78 Å². The van der Waals surface area contributed by atoms with Crippen molar-refractivity contribution in [2.24, 2.45) is 0 Å². The zero-order valence-electron chi connectivity index (χ0n) is 10.8. The number of aromatic nitrogens is 2. The first-order valence-corrected chi connectivity index (χ1v) is 6.09. The molecule has 1 aromatic heterocycles. The summed E-state index contributed by atoms with van der Waals surface area (Å²) >= 11 is 0. The van der Waals surface area contributed by atoms with Crippen molar-refractivity contribution in [3.8, 4) is 0 Å². The van der Waals surface area contributed by atoms with Crippen LogP contribution >= 0.6 is 0 Å². The predicted molar refractivity (Wildman–Crippen MR) is 70.6 cm³/mol. The molecule has 1 aromatic carbocycles. The molecule has 2 aromatic rings. The summed E-state index contributed by atoms with van der Waals surface area (Å²) in [4.78, 5) is 18.9. The molecule has 3 atom stereocenters. The van der Waals surface area contributed by atoms with Crippen molar-refractivity contribution in [2.45, 2.75) is 18.3 Å². The monoisotopic (exact) mass is 294 g/mol. The minimum atomic E-state index is -1.63. The van der Waals surface area contributed by atoms with E-state index < -0.39 is 30.9 Å². The Morgan fingerprint density at radius 1 is 1.19 bits per heavy atom. The van der Waals surface area contributed by atoms with Crippen molar-refractivity contribution in [1.82, 2.24) is 9.97 Å². The van der Waals surface area contributed by atoms with Gasteiger partial charge in [-0.05, 0) is 18.2 Å². The number of hydrogen-bond donors (Lipinski definition) is 5. The maximum atomic E-state index is 10.9. The lowest BCUT2D eigenvalue weighted by Gasteiger charge is -2.20. The number of aliphatic hydroxyl groups is 4. The second-order valence-electron chi connectivity index (χ2n) is 4.49. The molecule has 8 nitrogen and oxygen atoms in total. The van der Waals surface area contributed by atoms with E-state index in [0.29, 0.717) is 5.52 Å². The molecule has 0 aliphatic heterocycles. The number of aliphatic hydroxyl groups excluding tert-OH is 4. The van der Waals surface area contributed by atoms with E-state index in [0.717, 1.165) is 0 Å². The van der Waals surface area contributed by atoms with E-state index in [1.165, 1.54) is 24.4 Å². The maximum absolute atomic E-state index is 10.9. The van der Waals surface area contributed by atoms with Gasteiger partial charge in [0.15, 0.2) is 0 Å². The lowest BCUT2D eigenvalue weighted by Crippen LogP contribution is -2.35. The van der Waals surface area contributed by atoms with Crippen molar-refractivity contribution < 1.29 is 30.3 Å². The van der Waals surface area contributed by atoms with Gasteiger partial charge in [0.2, 0.25) is 0 Å². The third-order valence-electron chi connectivity index (χ3n) is 3.02. The van der Waals surface area contributed by atoms with Crippen LogP contribution in [0.25, 0.3) is 11.0 Å². The van der Waals surface area contributed by atoms with E-state index in [-0.39, 0.29) is 16.8 Å². The number of aromatic carboxylic acids is 1. The number of fused-ring (bicyclic) bond motifs is 1. The lowest BCUT2D eigenvalue weighted by molar-refractivity contribution is -0.0789. The molecule has 8 heteroatoms. The largest absolute Gasteiger partial charge is 0.478 e. The second kappa shape index (κ2) is 6.10. The van der Waals surface area contributed by atoms with Crippen LogP contribution in [0, 0.1) is 0 Å². The molecule has 0 aliphatic rings. The van der Waals surface area contributed by atoms with E-state index >= 15 is 0 Å². The highest BCUT2D eigenvalue weighted by atomic mass is 16.4. The summed E-state index contributed by atoms with van der Waals surface area (Å²) in [5, 5.41) is 46.5. The normalized spacial score (nSPS) is 15.6. The van der Waals surface area contributed by atoms with E-state index in [1.807, 2.05) is 0 Å². The van der Waals surface area contributed by atoms with Crippen LogP contribution < -0.4 is 0 Å². The van der Waals surface area contributed by atoms with Crippen LogP contribution in [0.5, 0.6) is 0 Å². The Kier molecular flexibility index (Phi) is 4.43. The van der Waals surface area contributed by atoms with E-state index in [1.54, 1.807) is 0 Å². The van der Waals surface area contributed by atoms with Crippen molar-refractivity contribution in [1.29, 1.82) is 0 Å². The van der Waals surface area contributed by atoms with Gasteiger partial charge in [-0.2, -0.15) is 0 Å². The summed E-state index contributed by atoms with van der Waals surface area (Å²) in [6.07, 6.45) is -3.51. The highest BCUT2D eigenvalue weighted by Gasteiger charge is 2.27. The fourth-order valence-electron chi connectivity index (χ4n) is 1.79. The minimum Gasteiger partial charge on any atom is -0.478 e. The van der Waals surface area contributed by atoms with Crippen LogP contribution in [-0.4, -0.2) is 60.3 Å². The predicted octanol–water partition coefficient (Wildman–Crippen LogP) is -0.925. The maximum Gasteiger partial charge on any atom is 0.335 e. The third kappa shape index (κ3) is 3.14. The third-order valence-corrected chi connectivity index (χ3v) is 3.02. The zero-order valence-corrected chi connectivity index (χ0v) is 10.8. The van der Waals surface area contributed by atoms with Gasteiger partial charge in [0.25, 0.3) is 0 Å². The molecule has 0 unspecified atom stereocenters. The summed E-state index contributed by atoms with van der Waals surface area (Å²) in [6.45, 7) is -0.720. The van der Waals surface area contributed by atoms with Gasteiger partial charge in [0.1, 0.15) is 18.3 Å². The van der Waals surface area contributed by atoms with Crippen LogP contribution in [0.3, 0.4) is 0 Å². The average Bonchev–Trinajstić information content (AvgIpc) is 2.51. The van der Waals surface area contributed by atoms with E-state index in [2.05, 4.69) is 9.97 Å². The van der Waals surface area contributed by atoms with E-state index in [9.17, 15) is 20.1 Å². The van der Waals surface area contributed by atoms with Crippen LogP contribution in [0.2, 0.25) is 0 Å². The van der Waals surface area contributed by atoms with Gasteiger partial charge >= 0.3 is 5.97 Å². The van der Waals surface area contributed by atoms with Crippen molar-refractivity contribution in [3.63, 3.8) is 0 Å². The molecule has 0 bridgehead atoms. The van der Waals surface area contributed by atoms with Crippen molar-refractivity contribution in [3.05, 3.63) is 35.7 Å². The minimum absolute atomic E-state index is 0.0133. The first-order valence-electron chi connectivity index (χ1n) is 6.09. The smallest absolute Gasteiger partial charge is 0.335 e. The number of carbonyl (C=O) groups is 1. The first-order chi connectivity index (χ1) is 9.93. The molecule has 1 heterocycles. The number of benzene rings is 1. The van der Waals surface area contributed by atoms with Gasteiger partial charge < -0.3 is 25.5 Å². The molecule has 2 rings (SSSR count). The Labute approximate surface area is 119 Å².